The van der Waals surface area contributed by atoms with Gasteiger partial charge in [-0.3, -0.25) is 4.79 Å². The zero-order valence-corrected chi connectivity index (χ0v) is 21.5. The van der Waals surface area contributed by atoms with Crippen LogP contribution in [0.25, 0.3) is 11.3 Å². The van der Waals surface area contributed by atoms with Gasteiger partial charge in [-0.1, -0.05) is 51.5 Å². The number of benzene rings is 2. The number of carbonyl (C=O) groups excluding carboxylic acids is 1. The monoisotopic (exact) mass is 495 g/mol. The SMILES string of the molecule is CCCCN(Cc1ccc(C(=O)NC(C(=O)O)C(C)C)cc1)c1nc(-c2ccccc2OC)cs1. The number of aromatic nitrogens is 1. The van der Waals surface area contributed by atoms with Gasteiger partial charge in [0.1, 0.15) is 11.8 Å². The molecule has 0 aliphatic carbocycles. The lowest BCUT2D eigenvalue weighted by Crippen LogP contribution is -2.44. The summed E-state index contributed by atoms with van der Waals surface area (Å²) < 4.78 is 5.50. The second-order valence-corrected chi connectivity index (χ2v) is 9.56. The summed E-state index contributed by atoms with van der Waals surface area (Å²) in [6, 6.07) is 14.2. The number of rotatable bonds is 12. The molecule has 3 aromatic rings. The quantitative estimate of drug-likeness (QED) is 0.346. The first-order valence-corrected chi connectivity index (χ1v) is 12.7. The van der Waals surface area contributed by atoms with Gasteiger partial charge in [0, 0.05) is 29.6 Å². The number of carboxylic acids is 1. The second kappa shape index (κ2) is 12.4. The second-order valence-electron chi connectivity index (χ2n) is 8.72. The van der Waals surface area contributed by atoms with Crippen molar-refractivity contribution in [2.24, 2.45) is 5.92 Å². The Labute approximate surface area is 210 Å². The molecule has 1 amide bonds. The summed E-state index contributed by atoms with van der Waals surface area (Å²) in [6.07, 6.45) is 2.11. The molecule has 0 aliphatic rings. The van der Waals surface area contributed by atoms with Gasteiger partial charge in [-0.15, -0.1) is 11.3 Å². The number of carboxylic acid groups (broad SMARTS) is 1. The van der Waals surface area contributed by atoms with E-state index in [0.717, 1.165) is 47.1 Å². The number of hydrogen-bond donors (Lipinski definition) is 2. The molecule has 0 saturated carbocycles. The molecule has 0 spiro atoms. The molecule has 1 heterocycles. The van der Waals surface area contributed by atoms with E-state index in [2.05, 4.69) is 17.1 Å². The molecule has 7 nitrogen and oxygen atoms in total. The van der Waals surface area contributed by atoms with Crippen molar-refractivity contribution in [3.63, 3.8) is 0 Å². The van der Waals surface area contributed by atoms with Gasteiger partial charge >= 0.3 is 5.97 Å². The van der Waals surface area contributed by atoms with E-state index in [1.165, 1.54) is 0 Å². The van der Waals surface area contributed by atoms with Gasteiger partial charge in [-0.05, 0) is 42.2 Å². The van der Waals surface area contributed by atoms with Crippen molar-refractivity contribution >= 4 is 28.3 Å². The highest BCUT2D eigenvalue weighted by molar-refractivity contribution is 7.14. The summed E-state index contributed by atoms with van der Waals surface area (Å²) in [4.78, 5) is 31.1. The van der Waals surface area contributed by atoms with E-state index in [1.807, 2.05) is 41.8 Å². The number of nitrogens with one attached hydrogen (secondary N) is 1. The minimum absolute atomic E-state index is 0.207. The van der Waals surface area contributed by atoms with Crippen LogP contribution in [-0.4, -0.2) is 41.7 Å². The molecule has 186 valence electrons. The number of unbranched alkanes of at least 4 members (excludes halogenated alkanes) is 1. The number of anilines is 1. The summed E-state index contributed by atoms with van der Waals surface area (Å²) >= 11 is 1.60. The van der Waals surface area contributed by atoms with Crippen LogP contribution < -0.4 is 15.0 Å². The van der Waals surface area contributed by atoms with E-state index >= 15 is 0 Å². The van der Waals surface area contributed by atoms with E-state index in [-0.39, 0.29) is 11.8 Å². The fourth-order valence-electron chi connectivity index (χ4n) is 3.70. The molecule has 3 rings (SSSR count). The molecule has 0 radical (unpaired) electrons. The minimum atomic E-state index is -1.03. The Morgan fingerprint density at radius 1 is 1.14 bits per heavy atom. The highest BCUT2D eigenvalue weighted by Gasteiger charge is 2.24. The fraction of sp³-hybridized carbons (Fsp3) is 0.370. The van der Waals surface area contributed by atoms with E-state index in [4.69, 9.17) is 9.72 Å². The predicted octanol–water partition coefficient (Wildman–Crippen LogP) is 5.46. The Bertz CT molecular complexity index is 1130. The molecule has 0 aliphatic heterocycles. The first-order chi connectivity index (χ1) is 16.8. The normalized spacial score (nSPS) is 11.8. The van der Waals surface area contributed by atoms with Gasteiger partial charge in [-0.25, -0.2) is 9.78 Å². The molecule has 1 aromatic heterocycles. The number of aliphatic carboxylic acids is 1. The van der Waals surface area contributed by atoms with Crippen LogP contribution in [0.1, 0.15) is 49.5 Å². The Balaban J connectivity index is 1.75. The summed E-state index contributed by atoms with van der Waals surface area (Å²) in [6.45, 7) is 7.22. The van der Waals surface area contributed by atoms with Gasteiger partial charge in [0.2, 0.25) is 0 Å². The minimum Gasteiger partial charge on any atom is -0.496 e. The van der Waals surface area contributed by atoms with Crippen LogP contribution in [0.15, 0.2) is 53.9 Å². The van der Waals surface area contributed by atoms with E-state index in [0.29, 0.717) is 12.1 Å². The first-order valence-electron chi connectivity index (χ1n) is 11.8. The molecule has 0 bridgehead atoms. The van der Waals surface area contributed by atoms with Crippen molar-refractivity contribution in [2.75, 3.05) is 18.6 Å². The predicted molar refractivity (Wildman–Crippen MR) is 140 cm³/mol. The molecule has 2 aromatic carbocycles. The van der Waals surface area contributed by atoms with Crippen LogP contribution in [0.5, 0.6) is 5.75 Å². The summed E-state index contributed by atoms with van der Waals surface area (Å²) in [5.41, 5.74) is 3.33. The molecule has 35 heavy (non-hydrogen) atoms. The van der Waals surface area contributed by atoms with E-state index in [1.54, 1.807) is 44.4 Å². The third kappa shape index (κ3) is 6.82. The highest BCUT2D eigenvalue weighted by atomic mass is 32.1. The Morgan fingerprint density at radius 3 is 2.49 bits per heavy atom. The molecule has 0 saturated heterocycles. The van der Waals surface area contributed by atoms with Crippen molar-refractivity contribution in [1.29, 1.82) is 0 Å². The topological polar surface area (TPSA) is 91.8 Å². The number of amides is 1. The number of ether oxygens (including phenoxy) is 1. The maximum Gasteiger partial charge on any atom is 0.326 e. The van der Waals surface area contributed by atoms with E-state index in [9.17, 15) is 14.7 Å². The zero-order chi connectivity index (χ0) is 25.4. The van der Waals surface area contributed by atoms with Crippen LogP contribution in [0.2, 0.25) is 0 Å². The lowest BCUT2D eigenvalue weighted by Gasteiger charge is -2.22. The van der Waals surface area contributed by atoms with Gasteiger partial charge < -0.3 is 20.1 Å². The third-order valence-electron chi connectivity index (χ3n) is 5.74. The van der Waals surface area contributed by atoms with Crippen LogP contribution >= 0.6 is 11.3 Å². The molecule has 2 N–H and O–H groups in total. The summed E-state index contributed by atoms with van der Waals surface area (Å²) in [5.74, 6) is -0.836. The van der Waals surface area contributed by atoms with Crippen molar-refractivity contribution < 1.29 is 19.4 Å². The lowest BCUT2D eigenvalue weighted by atomic mass is 10.0. The largest absolute Gasteiger partial charge is 0.496 e. The lowest BCUT2D eigenvalue weighted by molar-refractivity contribution is -0.140. The standard InChI is InChI=1S/C27H33N3O4S/c1-5-6-15-30(27-28-22(17-35-27)21-9-7-8-10-23(21)34-4)16-19-11-13-20(14-12-19)25(31)29-24(18(2)3)26(32)33/h7-14,17-18,24H,5-6,15-16H2,1-4H3,(H,29,31)(H,32,33). The summed E-state index contributed by atoms with van der Waals surface area (Å²) in [7, 11) is 1.66. The maximum atomic E-state index is 12.5. The molecule has 0 fully saturated rings. The van der Waals surface area contributed by atoms with Crippen molar-refractivity contribution in [3.05, 3.63) is 65.0 Å². The average Bonchev–Trinajstić information content (AvgIpc) is 3.35. The first kappa shape index (κ1) is 26.2. The molecular weight excluding hydrogens is 462 g/mol. The third-order valence-corrected chi connectivity index (χ3v) is 6.64. The number of carbonyl (C=O) groups is 2. The van der Waals surface area contributed by atoms with Crippen LogP contribution in [0, 0.1) is 5.92 Å². The number of methoxy groups -OCH3 is 1. The molecular formula is C27H33N3O4S. The van der Waals surface area contributed by atoms with Crippen LogP contribution in [-0.2, 0) is 11.3 Å². The van der Waals surface area contributed by atoms with Gasteiger partial charge in [0.25, 0.3) is 5.91 Å². The molecule has 1 atom stereocenters. The van der Waals surface area contributed by atoms with Crippen LogP contribution in [0.4, 0.5) is 5.13 Å². The van der Waals surface area contributed by atoms with E-state index < -0.39 is 12.0 Å². The van der Waals surface area contributed by atoms with Gasteiger partial charge in [0.05, 0.1) is 12.8 Å². The number of nitrogens with zero attached hydrogens (tertiary/aromatic N) is 2. The molecule has 1 unspecified atom stereocenters. The smallest absolute Gasteiger partial charge is 0.326 e. The maximum absolute atomic E-state index is 12.5. The Kier molecular flexibility index (Phi) is 9.25. The average molecular weight is 496 g/mol. The number of thiazole rings is 1. The van der Waals surface area contributed by atoms with Gasteiger partial charge in [0.15, 0.2) is 5.13 Å². The molecule has 8 heteroatoms. The van der Waals surface area contributed by atoms with Crippen molar-refractivity contribution in [2.45, 2.75) is 46.2 Å². The van der Waals surface area contributed by atoms with Crippen molar-refractivity contribution in [3.8, 4) is 17.0 Å². The van der Waals surface area contributed by atoms with Crippen LogP contribution in [0.3, 0.4) is 0 Å². The van der Waals surface area contributed by atoms with Gasteiger partial charge in [-0.2, -0.15) is 0 Å². The fourth-order valence-corrected chi connectivity index (χ4v) is 4.55. The van der Waals surface area contributed by atoms with Crippen molar-refractivity contribution in [1.82, 2.24) is 10.3 Å². The zero-order valence-electron chi connectivity index (χ0n) is 20.7. The Hall–Kier alpha value is -3.39. The number of hydrogen-bond acceptors (Lipinski definition) is 6. The highest BCUT2D eigenvalue weighted by Crippen LogP contribution is 2.33. The number of para-hydroxylation sites is 1. The Morgan fingerprint density at radius 2 is 1.86 bits per heavy atom. The summed E-state index contributed by atoms with van der Waals surface area (Å²) in [5, 5.41) is 14.9.